The van der Waals surface area contributed by atoms with Crippen LogP contribution in [0.1, 0.15) is 5.56 Å². The average Bonchev–Trinajstić information content (AvgIpc) is 3.16. The number of hydrogen-bond donors (Lipinski definition) is 0. The molecule has 4 rings (SSSR count). The monoisotopic (exact) mass is 298 g/mol. The minimum Gasteiger partial charge on any atom is -0.311 e. The van der Waals surface area contributed by atoms with E-state index >= 15 is 0 Å². The molecule has 0 atom stereocenters. The van der Waals surface area contributed by atoms with Gasteiger partial charge in [-0.3, -0.25) is 9.08 Å². The predicted molar refractivity (Wildman–Crippen MR) is 82.2 cm³/mol. The molecule has 3 heterocycles. The fourth-order valence-corrected chi connectivity index (χ4v) is 3.38. The van der Waals surface area contributed by atoms with Crippen LogP contribution in [0, 0.1) is 0 Å². The Balaban J connectivity index is 1.77. The maximum atomic E-state index is 4.32. The molecule has 0 aliphatic heterocycles. The van der Waals surface area contributed by atoms with Crippen LogP contribution in [0.5, 0.6) is 0 Å². The van der Waals surface area contributed by atoms with Crippen molar-refractivity contribution in [2.75, 3.05) is 0 Å². The maximum Gasteiger partial charge on any atom is 0.236 e. The summed E-state index contributed by atoms with van der Waals surface area (Å²) in [7, 11) is 3.94. The lowest BCUT2D eigenvalue weighted by molar-refractivity contribution is 0.767. The van der Waals surface area contributed by atoms with Gasteiger partial charge in [0.2, 0.25) is 5.78 Å². The van der Waals surface area contributed by atoms with Gasteiger partial charge in [0.25, 0.3) is 0 Å². The van der Waals surface area contributed by atoms with E-state index in [-0.39, 0.29) is 0 Å². The molecule has 0 aliphatic rings. The van der Waals surface area contributed by atoms with Gasteiger partial charge in [-0.15, -0.1) is 10.2 Å². The van der Waals surface area contributed by atoms with Gasteiger partial charge in [0.05, 0.1) is 17.2 Å². The van der Waals surface area contributed by atoms with Gasteiger partial charge in [-0.2, -0.15) is 5.10 Å². The van der Waals surface area contributed by atoms with Gasteiger partial charge in [0, 0.05) is 31.6 Å². The van der Waals surface area contributed by atoms with E-state index in [4.69, 9.17) is 0 Å². The average molecular weight is 298 g/mol. The molecule has 106 valence electrons. The Morgan fingerprint density at radius 1 is 1.10 bits per heavy atom. The highest BCUT2D eigenvalue weighted by Crippen LogP contribution is 2.26. The largest absolute Gasteiger partial charge is 0.311 e. The second-order valence-electron chi connectivity index (χ2n) is 4.98. The molecule has 0 N–H and O–H groups in total. The van der Waals surface area contributed by atoms with Gasteiger partial charge in [-0.05, 0) is 12.1 Å². The van der Waals surface area contributed by atoms with Crippen LogP contribution in [0.25, 0.3) is 16.8 Å². The van der Waals surface area contributed by atoms with E-state index in [1.807, 2.05) is 43.3 Å². The number of rotatable bonds is 3. The summed E-state index contributed by atoms with van der Waals surface area (Å²) >= 11 is 1.67. The van der Waals surface area contributed by atoms with Crippen LogP contribution in [0.15, 0.2) is 41.8 Å². The first-order valence-corrected chi connectivity index (χ1v) is 7.61. The van der Waals surface area contributed by atoms with E-state index in [1.165, 1.54) is 5.56 Å². The van der Waals surface area contributed by atoms with Gasteiger partial charge in [-0.25, -0.2) is 0 Å². The zero-order valence-corrected chi connectivity index (χ0v) is 12.6. The normalized spacial score (nSPS) is 11.7. The number of aryl methyl sites for hydroxylation is 2. The highest BCUT2D eigenvalue weighted by molar-refractivity contribution is 7.98. The number of hydrogen-bond acceptors (Lipinski definition) is 4. The molecule has 0 radical (unpaired) electrons. The first-order chi connectivity index (χ1) is 10.2. The first kappa shape index (κ1) is 12.5. The SMILES string of the molecule is Cn1cc(CSc2nnc3n(C)c4ccccc4n23)cn1. The number of para-hydroxylation sites is 2. The standard InChI is InChI=1S/C14H14N6S/c1-18-8-10(7-15-18)9-21-14-17-16-13-19(2)11-5-3-4-6-12(11)20(13)14/h3-8H,9H2,1-2H3. The topological polar surface area (TPSA) is 52.9 Å². The molecule has 1 aromatic carbocycles. The summed E-state index contributed by atoms with van der Waals surface area (Å²) in [5.74, 6) is 1.70. The Kier molecular flexibility index (Phi) is 2.75. The van der Waals surface area contributed by atoms with Crippen molar-refractivity contribution >= 4 is 28.6 Å². The summed E-state index contributed by atoms with van der Waals surface area (Å²) in [6.45, 7) is 0. The van der Waals surface area contributed by atoms with Gasteiger partial charge < -0.3 is 4.57 Å². The molecule has 0 saturated heterocycles. The molecule has 6 nitrogen and oxygen atoms in total. The van der Waals surface area contributed by atoms with Gasteiger partial charge in [-0.1, -0.05) is 23.9 Å². The van der Waals surface area contributed by atoms with Crippen molar-refractivity contribution in [3.05, 3.63) is 42.2 Å². The van der Waals surface area contributed by atoms with E-state index in [1.54, 1.807) is 11.8 Å². The molecule has 4 aromatic rings. The van der Waals surface area contributed by atoms with Crippen LogP contribution in [0.3, 0.4) is 0 Å². The fraction of sp³-hybridized carbons (Fsp3) is 0.214. The highest BCUT2D eigenvalue weighted by Gasteiger charge is 2.14. The van der Waals surface area contributed by atoms with Gasteiger partial charge in [0.15, 0.2) is 5.16 Å². The first-order valence-electron chi connectivity index (χ1n) is 6.63. The molecule has 3 aromatic heterocycles. The summed E-state index contributed by atoms with van der Waals surface area (Å²) in [4.78, 5) is 0. The van der Waals surface area contributed by atoms with E-state index in [2.05, 4.69) is 36.4 Å². The van der Waals surface area contributed by atoms with E-state index in [0.717, 1.165) is 27.7 Å². The molecule has 21 heavy (non-hydrogen) atoms. The third kappa shape index (κ3) is 1.92. The van der Waals surface area contributed by atoms with Crippen molar-refractivity contribution in [3.63, 3.8) is 0 Å². The zero-order valence-electron chi connectivity index (χ0n) is 11.8. The minimum absolute atomic E-state index is 0.831. The van der Waals surface area contributed by atoms with Crippen molar-refractivity contribution in [3.8, 4) is 0 Å². The molecule has 0 spiro atoms. The minimum atomic E-state index is 0.831. The maximum absolute atomic E-state index is 4.32. The lowest BCUT2D eigenvalue weighted by Gasteiger charge is -1.97. The Morgan fingerprint density at radius 2 is 1.90 bits per heavy atom. The van der Waals surface area contributed by atoms with Crippen molar-refractivity contribution in [1.29, 1.82) is 0 Å². The quantitative estimate of drug-likeness (QED) is 0.544. The number of nitrogens with zero attached hydrogens (tertiary/aromatic N) is 6. The Morgan fingerprint density at radius 3 is 2.67 bits per heavy atom. The molecule has 0 amide bonds. The number of thioether (sulfide) groups is 1. The third-order valence-electron chi connectivity index (χ3n) is 3.53. The number of fused-ring (bicyclic) bond motifs is 3. The van der Waals surface area contributed by atoms with E-state index in [0.29, 0.717) is 0 Å². The summed E-state index contributed by atoms with van der Waals surface area (Å²) < 4.78 is 5.99. The fourth-order valence-electron chi connectivity index (χ4n) is 2.52. The van der Waals surface area contributed by atoms with Crippen LogP contribution < -0.4 is 0 Å². The Bertz CT molecular complexity index is 932. The van der Waals surface area contributed by atoms with E-state index < -0.39 is 0 Å². The molecular weight excluding hydrogens is 284 g/mol. The van der Waals surface area contributed by atoms with Crippen LogP contribution in [-0.4, -0.2) is 28.9 Å². The molecular formula is C14H14N6S. The molecule has 0 bridgehead atoms. The van der Waals surface area contributed by atoms with Crippen LogP contribution in [0.4, 0.5) is 0 Å². The second kappa shape index (κ2) is 4.63. The second-order valence-corrected chi connectivity index (χ2v) is 5.92. The smallest absolute Gasteiger partial charge is 0.236 e. The molecule has 0 unspecified atom stereocenters. The highest BCUT2D eigenvalue weighted by atomic mass is 32.2. The van der Waals surface area contributed by atoms with Crippen molar-refractivity contribution in [2.45, 2.75) is 10.9 Å². The van der Waals surface area contributed by atoms with Crippen molar-refractivity contribution < 1.29 is 0 Å². The van der Waals surface area contributed by atoms with Gasteiger partial charge in [0.1, 0.15) is 0 Å². The van der Waals surface area contributed by atoms with Crippen molar-refractivity contribution in [2.24, 2.45) is 14.1 Å². The molecule has 0 saturated carbocycles. The Labute approximate surface area is 125 Å². The lowest BCUT2D eigenvalue weighted by atomic mass is 10.3. The van der Waals surface area contributed by atoms with Crippen LogP contribution in [0.2, 0.25) is 0 Å². The summed E-state index contributed by atoms with van der Waals surface area (Å²) in [5.41, 5.74) is 3.47. The van der Waals surface area contributed by atoms with Crippen LogP contribution >= 0.6 is 11.8 Å². The summed E-state index contributed by atoms with van der Waals surface area (Å²) in [5, 5.41) is 13.7. The number of benzene rings is 1. The lowest BCUT2D eigenvalue weighted by Crippen LogP contribution is -1.88. The summed E-state index contributed by atoms with van der Waals surface area (Å²) in [6.07, 6.45) is 3.91. The molecule has 0 fully saturated rings. The number of aromatic nitrogens is 6. The Hall–Kier alpha value is -2.28. The molecule has 0 aliphatic carbocycles. The summed E-state index contributed by atoms with van der Waals surface area (Å²) in [6, 6.07) is 8.27. The van der Waals surface area contributed by atoms with Crippen molar-refractivity contribution in [1.82, 2.24) is 28.9 Å². The predicted octanol–water partition coefficient (Wildman–Crippen LogP) is 2.25. The number of imidazole rings is 1. The van der Waals surface area contributed by atoms with E-state index in [9.17, 15) is 0 Å². The van der Waals surface area contributed by atoms with Gasteiger partial charge >= 0.3 is 0 Å². The molecule has 7 heteroatoms. The zero-order chi connectivity index (χ0) is 14.4. The third-order valence-corrected chi connectivity index (χ3v) is 4.53. The van der Waals surface area contributed by atoms with Crippen LogP contribution in [-0.2, 0) is 19.8 Å².